The van der Waals surface area contributed by atoms with E-state index in [0.29, 0.717) is 37.7 Å². The second kappa shape index (κ2) is 11.5. The molecule has 0 unspecified atom stereocenters. The van der Waals surface area contributed by atoms with Crippen LogP contribution in [0, 0.1) is 0 Å². The second-order valence-electron chi connectivity index (χ2n) is 6.12. The van der Waals surface area contributed by atoms with E-state index in [4.69, 9.17) is 14.2 Å². The Hall–Kier alpha value is -2.12. The number of methoxy groups -OCH3 is 1. The summed E-state index contributed by atoms with van der Waals surface area (Å²) in [4.78, 5) is 18.4. The van der Waals surface area contributed by atoms with Crippen molar-refractivity contribution in [3.63, 3.8) is 0 Å². The van der Waals surface area contributed by atoms with Crippen molar-refractivity contribution >= 4 is 11.9 Å². The number of aliphatic imine (C=N–C) groups is 1. The lowest BCUT2D eigenvalue weighted by atomic mass is 10.2. The molecule has 1 aliphatic heterocycles. The minimum atomic E-state index is -0.253. The average Bonchev–Trinajstić information content (AvgIpc) is 3.18. The Kier molecular flexibility index (Phi) is 8.92. The van der Waals surface area contributed by atoms with Gasteiger partial charge in [0.25, 0.3) is 11.9 Å². The second-order valence-corrected chi connectivity index (χ2v) is 6.12. The minimum absolute atomic E-state index is 0.253. The van der Waals surface area contributed by atoms with Crippen LogP contribution in [0.4, 0.5) is 0 Å². The molecule has 0 spiro atoms. The van der Waals surface area contributed by atoms with Gasteiger partial charge < -0.3 is 19.1 Å². The summed E-state index contributed by atoms with van der Waals surface area (Å²) >= 11 is 0. The molecule has 1 amide bonds. The van der Waals surface area contributed by atoms with Crippen molar-refractivity contribution in [3.8, 4) is 5.75 Å². The molecule has 0 bridgehead atoms. The van der Waals surface area contributed by atoms with Crippen molar-refractivity contribution in [3.05, 3.63) is 29.8 Å². The molecule has 0 saturated carbocycles. The third-order valence-corrected chi connectivity index (χ3v) is 4.27. The molecular weight excluding hydrogens is 334 g/mol. The third kappa shape index (κ3) is 7.01. The summed E-state index contributed by atoms with van der Waals surface area (Å²) < 4.78 is 16.0. The number of likely N-dealkylation sites (tertiary alicyclic amines) is 1. The Morgan fingerprint density at radius 1 is 1.19 bits per heavy atom. The van der Waals surface area contributed by atoms with Crippen LogP contribution in [0.25, 0.3) is 0 Å². The Balaban J connectivity index is 1.90. The molecule has 2 N–H and O–H groups in total. The highest BCUT2D eigenvalue weighted by Crippen LogP contribution is 2.11. The van der Waals surface area contributed by atoms with Crippen molar-refractivity contribution in [2.24, 2.45) is 4.99 Å². The molecule has 7 nitrogen and oxygen atoms in total. The molecule has 1 aromatic rings. The molecule has 1 fully saturated rings. The SMILES string of the molecule is CCOCCOC(=NCC[NH+]1CCCC1)NC(=O)c1ccc(OC)cc1. The highest BCUT2D eigenvalue weighted by molar-refractivity contribution is 6.04. The minimum Gasteiger partial charge on any atom is -0.497 e. The summed E-state index contributed by atoms with van der Waals surface area (Å²) in [5.41, 5.74) is 0.525. The van der Waals surface area contributed by atoms with Crippen LogP contribution in [0.15, 0.2) is 29.3 Å². The quantitative estimate of drug-likeness (QED) is 0.381. The maximum absolute atomic E-state index is 12.4. The zero-order valence-electron chi connectivity index (χ0n) is 15.8. The van der Waals surface area contributed by atoms with Gasteiger partial charge in [-0.2, -0.15) is 0 Å². The number of amides is 1. The van der Waals surface area contributed by atoms with Crippen molar-refractivity contribution < 1.29 is 23.9 Å². The Morgan fingerprint density at radius 2 is 1.92 bits per heavy atom. The number of nitrogens with one attached hydrogen (secondary N) is 2. The van der Waals surface area contributed by atoms with E-state index in [9.17, 15) is 4.79 Å². The fourth-order valence-corrected chi connectivity index (χ4v) is 2.82. The zero-order chi connectivity index (χ0) is 18.6. The highest BCUT2D eigenvalue weighted by Gasteiger charge is 2.15. The van der Waals surface area contributed by atoms with Gasteiger partial charge in [-0.05, 0) is 31.2 Å². The van der Waals surface area contributed by atoms with Gasteiger partial charge in [-0.1, -0.05) is 0 Å². The average molecular weight is 364 g/mol. The van der Waals surface area contributed by atoms with Gasteiger partial charge in [-0.25, -0.2) is 4.99 Å². The molecule has 1 heterocycles. The molecule has 144 valence electrons. The van der Waals surface area contributed by atoms with E-state index in [-0.39, 0.29) is 11.9 Å². The van der Waals surface area contributed by atoms with Crippen LogP contribution < -0.4 is 15.0 Å². The van der Waals surface area contributed by atoms with Gasteiger partial charge in [0.15, 0.2) is 0 Å². The lowest BCUT2D eigenvalue weighted by molar-refractivity contribution is -0.885. The van der Waals surface area contributed by atoms with Gasteiger partial charge >= 0.3 is 0 Å². The maximum atomic E-state index is 12.4. The van der Waals surface area contributed by atoms with E-state index in [1.54, 1.807) is 36.3 Å². The van der Waals surface area contributed by atoms with Gasteiger partial charge in [0.05, 0.1) is 39.9 Å². The smallest absolute Gasteiger partial charge is 0.291 e. The van der Waals surface area contributed by atoms with Crippen molar-refractivity contribution in [2.75, 3.05) is 53.1 Å². The normalized spacial score (nSPS) is 15.1. The summed E-state index contributed by atoms with van der Waals surface area (Å²) in [6, 6.07) is 7.17. The largest absolute Gasteiger partial charge is 0.497 e. The van der Waals surface area contributed by atoms with Crippen molar-refractivity contribution in [1.29, 1.82) is 0 Å². The number of hydrogen-bond acceptors (Lipinski definition) is 5. The number of amidine groups is 1. The number of quaternary nitrogens is 1. The summed E-state index contributed by atoms with van der Waals surface area (Å²) in [5.74, 6) is 0.452. The molecule has 1 aromatic carbocycles. The lowest BCUT2D eigenvalue weighted by Crippen LogP contribution is -3.10. The molecule has 0 aromatic heterocycles. The molecule has 0 aliphatic carbocycles. The Bertz CT molecular complexity index is 569. The first kappa shape index (κ1) is 20.2. The van der Waals surface area contributed by atoms with Crippen LogP contribution >= 0.6 is 0 Å². The molecule has 7 heteroatoms. The van der Waals surface area contributed by atoms with Gasteiger partial charge in [0, 0.05) is 25.0 Å². The molecule has 1 saturated heterocycles. The standard InChI is InChI=1S/C19H29N3O4/c1-3-25-14-15-26-19(20-10-13-22-11-4-5-12-22)21-18(23)16-6-8-17(24-2)9-7-16/h6-9H,3-5,10-15H2,1-2H3,(H,20,21,23)/p+1. The van der Waals surface area contributed by atoms with E-state index in [2.05, 4.69) is 10.3 Å². The molecule has 0 atom stereocenters. The summed E-state index contributed by atoms with van der Waals surface area (Å²) in [6.07, 6.45) is 2.57. The Labute approximate surface area is 155 Å². The number of ether oxygens (including phenoxy) is 3. The van der Waals surface area contributed by atoms with E-state index in [0.717, 1.165) is 6.54 Å². The molecule has 26 heavy (non-hydrogen) atoms. The van der Waals surface area contributed by atoms with Crippen LogP contribution in [-0.4, -0.2) is 65.0 Å². The fraction of sp³-hybridized carbons (Fsp3) is 0.579. The number of carbonyl (C=O) groups excluding carboxylic acids is 1. The van der Waals surface area contributed by atoms with E-state index >= 15 is 0 Å². The number of rotatable bonds is 9. The lowest BCUT2D eigenvalue weighted by Gasteiger charge is -2.13. The predicted octanol–water partition coefficient (Wildman–Crippen LogP) is 0.513. The highest BCUT2D eigenvalue weighted by atomic mass is 16.5. The van der Waals surface area contributed by atoms with E-state index < -0.39 is 0 Å². The summed E-state index contributed by atoms with van der Waals surface area (Å²) in [6.45, 7) is 7.37. The maximum Gasteiger partial charge on any atom is 0.291 e. The van der Waals surface area contributed by atoms with Crippen LogP contribution in [0.2, 0.25) is 0 Å². The fourth-order valence-electron chi connectivity index (χ4n) is 2.82. The van der Waals surface area contributed by atoms with Crippen molar-refractivity contribution in [2.45, 2.75) is 19.8 Å². The zero-order valence-corrected chi connectivity index (χ0v) is 15.8. The number of carbonyl (C=O) groups is 1. The van der Waals surface area contributed by atoms with Crippen LogP contribution in [-0.2, 0) is 9.47 Å². The number of benzene rings is 1. The molecular formula is C19H30N3O4+. The number of nitrogens with zero attached hydrogens (tertiary/aromatic N) is 1. The first-order valence-electron chi connectivity index (χ1n) is 9.27. The predicted molar refractivity (Wildman–Crippen MR) is 100 cm³/mol. The van der Waals surface area contributed by atoms with Gasteiger partial charge in [-0.15, -0.1) is 0 Å². The van der Waals surface area contributed by atoms with Gasteiger partial charge in [0.2, 0.25) is 0 Å². The van der Waals surface area contributed by atoms with Gasteiger partial charge in [0.1, 0.15) is 12.4 Å². The molecule has 0 radical (unpaired) electrons. The topological polar surface area (TPSA) is 73.6 Å². The molecule has 2 rings (SSSR count). The molecule has 1 aliphatic rings. The third-order valence-electron chi connectivity index (χ3n) is 4.27. The van der Waals surface area contributed by atoms with Crippen LogP contribution in [0.5, 0.6) is 5.75 Å². The monoisotopic (exact) mass is 364 g/mol. The number of hydrogen-bond donors (Lipinski definition) is 2. The van der Waals surface area contributed by atoms with Crippen LogP contribution in [0.3, 0.4) is 0 Å². The first-order valence-corrected chi connectivity index (χ1v) is 9.27. The van der Waals surface area contributed by atoms with Crippen molar-refractivity contribution in [1.82, 2.24) is 5.32 Å². The van der Waals surface area contributed by atoms with Gasteiger partial charge in [-0.3, -0.25) is 10.1 Å². The van der Waals surface area contributed by atoms with E-state index in [1.807, 2.05) is 6.92 Å². The van der Waals surface area contributed by atoms with Crippen LogP contribution in [0.1, 0.15) is 30.1 Å². The summed E-state index contributed by atoms with van der Waals surface area (Å²) in [5, 5.41) is 2.76. The summed E-state index contributed by atoms with van der Waals surface area (Å²) in [7, 11) is 1.59. The van der Waals surface area contributed by atoms with E-state index in [1.165, 1.54) is 25.9 Å². The first-order chi connectivity index (χ1) is 12.7. The Morgan fingerprint density at radius 3 is 2.58 bits per heavy atom.